The highest BCUT2D eigenvalue weighted by molar-refractivity contribution is 6.31. The molecule has 0 aliphatic rings. The van der Waals surface area contributed by atoms with E-state index in [1.807, 2.05) is 61.5 Å². The molecule has 4 aromatic rings. The average Bonchev–Trinajstić information content (AvgIpc) is 2.80. The number of para-hydroxylation sites is 1. The van der Waals surface area contributed by atoms with Crippen LogP contribution in [0.5, 0.6) is 17.2 Å². The molecule has 0 atom stereocenters. The van der Waals surface area contributed by atoms with Crippen LogP contribution in [-0.4, -0.2) is 31.3 Å². The number of aromatic nitrogens is 2. The minimum absolute atomic E-state index is 0.516. The SMILES string of the molecule is COc1cc(-c2nc(Nc3cccc(Cl)c3C)c3ccccc3n2)cc(OC)c1OC. The Balaban J connectivity index is 1.90. The van der Waals surface area contributed by atoms with Crippen LogP contribution < -0.4 is 19.5 Å². The average molecular weight is 436 g/mol. The predicted molar refractivity (Wildman–Crippen MR) is 124 cm³/mol. The highest BCUT2D eigenvalue weighted by atomic mass is 35.5. The van der Waals surface area contributed by atoms with Gasteiger partial charge in [0.1, 0.15) is 5.82 Å². The summed E-state index contributed by atoms with van der Waals surface area (Å²) in [6.07, 6.45) is 0. The van der Waals surface area contributed by atoms with Crippen molar-refractivity contribution in [2.45, 2.75) is 6.92 Å². The van der Waals surface area contributed by atoms with E-state index in [-0.39, 0.29) is 0 Å². The number of nitrogens with zero attached hydrogens (tertiary/aromatic N) is 2. The predicted octanol–water partition coefficient (Wildman–Crippen LogP) is 6.03. The number of hydrogen-bond donors (Lipinski definition) is 1. The molecule has 0 saturated heterocycles. The molecule has 0 aliphatic heterocycles. The van der Waals surface area contributed by atoms with Gasteiger partial charge >= 0.3 is 0 Å². The number of methoxy groups -OCH3 is 3. The van der Waals surface area contributed by atoms with E-state index in [1.54, 1.807) is 21.3 Å². The van der Waals surface area contributed by atoms with Crippen molar-refractivity contribution in [3.05, 3.63) is 65.2 Å². The molecular formula is C24H22ClN3O3. The number of ether oxygens (including phenoxy) is 3. The van der Waals surface area contributed by atoms with E-state index in [0.717, 1.165) is 27.7 Å². The Morgan fingerprint density at radius 2 is 1.55 bits per heavy atom. The van der Waals surface area contributed by atoms with E-state index in [9.17, 15) is 0 Å². The second kappa shape index (κ2) is 8.70. The zero-order valence-electron chi connectivity index (χ0n) is 17.7. The molecule has 0 unspecified atom stereocenters. The maximum absolute atomic E-state index is 6.31. The zero-order valence-corrected chi connectivity index (χ0v) is 18.4. The Hall–Kier alpha value is -3.51. The molecule has 6 nitrogen and oxygen atoms in total. The van der Waals surface area contributed by atoms with Crippen molar-refractivity contribution >= 4 is 34.0 Å². The van der Waals surface area contributed by atoms with Crippen LogP contribution in [0, 0.1) is 6.92 Å². The van der Waals surface area contributed by atoms with Crippen molar-refractivity contribution < 1.29 is 14.2 Å². The van der Waals surface area contributed by atoms with E-state index in [1.165, 1.54) is 0 Å². The van der Waals surface area contributed by atoms with Crippen LogP contribution in [0.2, 0.25) is 5.02 Å². The van der Waals surface area contributed by atoms with E-state index in [4.69, 9.17) is 35.8 Å². The molecule has 7 heteroatoms. The quantitative estimate of drug-likeness (QED) is 0.399. The largest absolute Gasteiger partial charge is 0.493 e. The van der Waals surface area contributed by atoms with Crippen LogP contribution in [0.25, 0.3) is 22.3 Å². The molecule has 0 bridgehead atoms. The molecule has 1 N–H and O–H groups in total. The summed E-state index contributed by atoms with van der Waals surface area (Å²) >= 11 is 6.31. The lowest BCUT2D eigenvalue weighted by Gasteiger charge is -2.16. The standard InChI is InChI=1S/C24H22ClN3O3/c1-14-17(25)9-7-11-18(14)26-24-16-8-5-6-10-19(16)27-23(28-24)15-12-20(29-2)22(31-4)21(13-15)30-3/h5-13H,1-4H3,(H,26,27,28). The van der Waals surface area contributed by atoms with Gasteiger partial charge in [0.25, 0.3) is 0 Å². The van der Waals surface area contributed by atoms with E-state index in [0.29, 0.717) is 33.9 Å². The number of rotatable bonds is 6. The maximum atomic E-state index is 6.31. The Morgan fingerprint density at radius 1 is 0.839 bits per heavy atom. The molecule has 4 rings (SSSR count). The smallest absolute Gasteiger partial charge is 0.203 e. The number of halogens is 1. The maximum Gasteiger partial charge on any atom is 0.203 e. The van der Waals surface area contributed by atoms with Gasteiger partial charge in [-0.3, -0.25) is 0 Å². The molecule has 158 valence electrons. The van der Waals surface area contributed by atoms with Gasteiger partial charge in [0.15, 0.2) is 17.3 Å². The summed E-state index contributed by atoms with van der Waals surface area (Å²) < 4.78 is 16.4. The van der Waals surface area contributed by atoms with Crippen LogP contribution >= 0.6 is 11.6 Å². The van der Waals surface area contributed by atoms with Gasteiger partial charge in [0, 0.05) is 21.7 Å². The van der Waals surface area contributed by atoms with Gasteiger partial charge in [-0.2, -0.15) is 0 Å². The van der Waals surface area contributed by atoms with Crippen molar-refractivity contribution in [1.29, 1.82) is 0 Å². The second-order valence-electron chi connectivity index (χ2n) is 6.86. The molecule has 0 aliphatic carbocycles. The van der Waals surface area contributed by atoms with Crippen LogP contribution in [-0.2, 0) is 0 Å². The third-order valence-corrected chi connectivity index (χ3v) is 5.46. The first-order valence-electron chi connectivity index (χ1n) is 9.65. The summed E-state index contributed by atoms with van der Waals surface area (Å²) in [5, 5.41) is 5.01. The monoisotopic (exact) mass is 435 g/mol. The van der Waals surface area contributed by atoms with Gasteiger partial charge < -0.3 is 19.5 Å². The number of fused-ring (bicyclic) bond motifs is 1. The molecule has 0 radical (unpaired) electrons. The van der Waals surface area contributed by atoms with Gasteiger partial charge in [-0.15, -0.1) is 0 Å². The van der Waals surface area contributed by atoms with Crippen LogP contribution in [0.4, 0.5) is 11.5 Å². The number of benzene rings is 3. The third-order valence-electron chi connectivity index (χ3n) is 5.05. The summed E-state index contributed by atoms with van der Waals surface area (Å²) in [6, 6.07) is 17.2. The summed E-state index contributed by atoms with van der Waals surface area (Å²) in [5.74, 6) is 2.80. The van der Waals surface area contributed by atoms with Crippen molar-refractivity contribution in [1.82, 2.24) is 9.97 Å². The fraction of sp³-hybridized carbons (Fsp3) is 0.167. The number of nitrogens with one attached hydrogen (secondary N) is 1. The highest BCUT2D eigenvalue weighted by Crippen LogP contribution is 2.41. The fourth-order valence-corrected chi connectivity index (χ4v) is 3.56. The summed E-state index contributed by atoms with van der Waals surface area (Å²) in [7, 11) is 4.73. The molecule has 1 aromatic heterocycles. The van der Waals surface area contributed by atoms with Gasteiger partial charge in [-0.25, -0.2) is 9.97 Å². The van der Waals surface area contributed by atoms with Gasteiger partial charge in [0.05, 0.1) is 26.8 Å². The van der Waals surface area contributed by atoms with Crippen LogP contribution in [0.15, 0.2) is 54.6 Å². The third kappa shape index (κ3) is 3.94. The highest BCUT2D eigenvalue weighted by Gasteiger charge is 2.17. The normalized spacial score (nSPS) is 10.7. The van der Waals surface area contributed by atoms with Gasteiger partial charge in [-0.05, 0) is 48.9 Å². The lowest BCUT2D eigenvalue weighted by atomic mass is 10.1. The van der Waals surface area contributed by atoms with Gasteiger partial charge in [0.2, 0.25) is 5.75 Å². The minimum atomic E-state index is 0.516. The summed E-state index contributed by atoms with van der Waals surface area (Å²) in [5.41, 5.74) is 3.38. The van der Waals surface area contributed by atoms with Crippen molar-refractivity contribution in [2.24, 2.45) is 0 Å². The number of hydrogen-bond acceptors (Lipinski definition) is 6. The Bertz CT molecular complexity index is 1240. The first kappa shape index (κ1) is 20.8. The van der Waals surface area contributed by atoms with E-state index >= 15 is 0 Å². The zero-order chi connectivity index (χ0) is 22.0. The first-order chi connectivity index (χ1) is 15.0. The minimum Gasteiger partial charge on any atom is -0.493 e. The van der Waals surface area contributed by atoms with Crippen LogP contribution in [0.3, 0.4) is 0 Å². The molecule has 1 heterocycles. The van der Waals surface area contributed by atoms with Crippen molar-refractivity contribution in [3.8, 4) is 28.6 Å². The second-order valence-corrected chi connectivity index (χ2v) is 7.27. The molecule has 31 heavy (non-hydrogen) atoms. The molecule has 0 fully saturated rings. The number of anilines is 2. The first-order valence-corrected chi connectivity index (χ1v) is 10.0. The molecule has 3 aromatic carbocycles. The fourth-order valence-electron chi connectivity index (χ4n) is 3.38. The van der Waals surface area contributed by atoms with E-state index in [2.05, 4.69) is 5.32 Å². The molecule has 0 saturated carbocycles. The Kier molecular flexibility index (Phi) is 5.82. The summed E-state index contributed by atoms with van der Waals surface area (Å²) in [4.78, 5) is 9.59. The molecular weight excluding hydrogens is 414 g/mol. The topological polar surface area (TPSA) is 65.5 Å². The molecule has 0 amide bonds. The van der Waals surface area contributed by atoms with Crippen molar-refractivity contribution in [3.63, 3.8) is 0 Å². The van der Waals surface area contributed by atoms with Crippen molar-refractivity contribution in [2.75, 3.05) is 26.6 Å². The lowest BCUT2D eigenvalue weighted by molar-refractivity contribution is 0.324. The van der Waals surface area contributed by atoms with Crippen LogP contribution in [0.1, 0.15) is 5.56 Å². The van der Waals surface area contributed by atoms with E-state index < -0.39 is 0 Å². The van der Waals surface area contributed by atoms with Gasteiger partial charge in [-0.1, -0.05) is 29.8 Å². The Labute approximate surface area is 185 Å². The molecule has 0 spiro atoms. The Morgan fingerprint density at radius 3 is 2.23 bits per heavy atom. The lowest BCUT2D eigenvalue weighted by Crippen LogP contribution is -2.02. The summed E-state index contributed by atoms with van der Waals surface area (Å²) in [6.45, 7) is 1.97.